The molecule has 0 aromatic rings. The van der Waals surface area contributed by atoms with Crippen LogP contribution in [-0.4, -0.2) is 6.18 Å². The van der Waals surface area contributed by atoms with Crippen molar-refractivity contribution in [2.24, 2.45) is 0 Å². The van der Waals surface area contributed by atoms with E-state index >= 15 is 0 Å². The minimum absolute atomic E-state index is 0. The van der Waals surface area contributed by atoms with E-state index < -0.39 is 34.7 Å². The van der Waals surface area contributed by atoms with Crippen molar-refractivity contribution in [1.82, 2.24) is 0 Å². The Balaban J connectivity index is 0. The molecule has 0 spiro atoms. The van der Waals surface area contributed by atoms with Gasteiger partial charge in [0.15, 0.2) is 0 Å². The van der Waals surface area contributed by atoms with Crippen molar-refractivity contribution < 1.29 is 40.3 Å². The van der Waals surface area contributed by atoms with Crippen LogP contribution in [0.2, 0.25) is 0 Å². The van der Waals surface area contributed by atoms with Gasteiger partial charge in [0.25, 0.3) is 0 Å². The van der Waals surface area contributed by atoms with E-state index in [1.54, 1.807) is 0 Å². The second-order valence-electron chi connectivity index (χ2n) is 1.22. The minimum atomic E-state index is -5.15. The number of rotatable bonds is 0. The number of hydrogen-bond acceptors (Lipinski definition) is 0. The average molecular weight is 324 g/mol. The van der Waals surface area contributed by atoms with Crippen LogP contribution in [-0.2, 0) is 18.3 Å². The standard InChI is InChI=1S/C3F5.HI.Zn/c4-1-2(5)3(6,7)8;;/h;1H;. The van der Waals surface area contributed by atoms with Gasteiger partial charge in [-0.1, -0.05) is 0 Å². The molecule has 0 saturated heterocycles. The normalized spacial score (nSPS) is 13.9. The SMILES string of the molecule is F[C]([Zn])=C(F)C(F)(F)F.I. The molecule has 7 heteroatoms. The molecule has 0 unspecified atom stereocenters. The van der Waals surface area contributed by atoms with Crippen LogP contribution in [0.5, 0.6) is 0 Å². The summed E-state index contributed by atoms with van der Waals surface area (Å²) in [4.78, 5) is 0. The van der Waals surface area contributed by atoms with E-state index in [0.29, 0.717) is 0 Å². The van der Waals surface area contributed by atoms with Crippen molar-refractivity contribution >= 4 is 24.0 Å². The first-order valence-electron chi connectivity index (χ1n) is 1.80. The Morgan fingerprint density at radius 3 is 1.40 bits per heavy atom. The molecule has 0 heterocycles. The summed E-state index contributed by atoms with van der Waals surface area (Å²) in [5, 5.41) is 0. The average Bonchev–Trinajstić information content (AvgIpc) is 1.62. The summed E-state index contributed by atoms with van der Waals surface area (Å²) in [6.07, 6.45) is -5.15. The first-order valence-corrected chi connectivity index (χ1v) is 3.28. The molecule has 0 saturated carbocycles. The maximum Gasteiger partial charge on any atom is -0.107 e. The first kappa shape index (κ1) is 13.3. The van der Waals surface area contributed by atoms with Crippen molar-refractivity contribution in [3.63, 3.8) is 0 Å². The Hall–Kier alpha value is 0.743. The largest absolute Gasteiger partial charge is 0.107 e. The van der Waals surface area contributed by atoms with Gasteiger partial charge in [0.1, 0.15) is 0 Å². The van der Waals surface area contributed by atoms with Gasteiger partial charge in [-0.25, -0.2) is 0 Å². The Morgan fingerprint density at radius 2 is 1.40 bits per heavy atom. The van der Waals surface area contributed by atoms with E-state index in [1.807, 2.05) is 0 Å². The van der Waals surface area contributed by atoms with Gasteiger partial charge in [0, 0.05) is 0 Å². The van der Waals surface area contributed by atoms with Crippen molar-refractivity contribution in [2.45, 2.75) is 6.18 Å². The second-order valence-corrected chi connectivity index (χ2v) is 2.52. The van der Waals surface area contributed by atoms with Gasteiger partial charge >= 0.3 is 56.7 Å². The molecule has 57 valence electrons. The van der Waals surface area contributed by atoms with Crippen molar-refractivity contribution in [3.05, 3.63) is 10.2 Å². The van der Waals surface area contributed by atoms with Gasteiger partial charge in [-0.3, -0.25) is 0 Å². The third-order valence-electron chi connectivity index (χ3n) is 0.487. The number of hydrogen-bond donors (Lipinski definition) is 0. The summed E-state index contributed by atoms with van der Waals surface area (Å²) < 4.78 is 54.3. The molecule has 10 heavy (non-hydrogen) atoms. The van der Waals surface area contributed by atoms with Gasteiger partial charge in [0.2, 0.25) is 0 Å². The van der Waals surface area contributed by atoms with Crippen LogP contribution in [0.4, 0.5) is 22.0 Å². The summed E-state index contributed by atoms with van der Waals surface area (Å²) in [7, 11) is 0. The van der Waals surface area contributed by atoms with E-state index in [2.05, 4.69) is 0 Å². The third kappa shape index (κ3) is 4.54. The zero-order valence-corrected chi connectivity index (χ0v) is 9.80. The van der Waals surface area contributed by atoms with Crippen LogP contribution in [0.3, 0.4) is 0 Å². The van der Waals surface area contributed by atoms with E-state index in [1.165, 1.54) is 0 Å². The fraction of sp³-hybridized carbons (Fsp3) is 0.333. The van der Waals surface area contributed by atoms with E-state index in [4.69, 9.17) is 0 Å². The fourth-order valence-corrected chi connectivity index (χ4v) is 0.574. The Morgan fingerprint density at radius 1 is 1.10 bits per heavy atom. The molecule has 0 rings (SSSR count). The predicted octanol–water partition coefficient (Wildman–Crippen LogP) is 2.82. The predicted molar refractivity (Wildman–Crippen MR) is 30.7 cm³/mol. The molecule has 0 amide bonds. The van der Waals surface area contributed by atoms with Crippen LogP contribution >= 0.6 is 24.0 Å². The summed E-state index contributed by atoms with van der Waals surface area (Å²) >= 11 is -0.453. The molecule has 0 nitrogen and oxygen atoms in total. The molecule has 0 N–H and O–H groups in total. The van der Waals surface area contributed by atoms with Gasteiger partial charge < -0.3 is 0 Å². The smallest absolute Gasteiger partial charge is 0.107 e. The fourth-order valence-electron chi connectivity index (χ4n) is 0.154. The third-order valence-corrected chi connectivity index (χ3v) is 1.14. The molecule has 0 radical (unpaired) electrons. The zero-order chi connectivity index (χ0) is 7.65. The molecule has 0 aromatic carbocycles. The molecule has 0 bridgehead atoms. The van der Waals surface area contributed by atoms with Crippen LogP contribution in [0, 0.1) is 0 Å². The van der Waals surface area contributed by atoms with E-state index in [9.17, 15) is 22.0 Å². The summed E-state index contributed by atoms with van der Waals surface area (Å²) in [6.45, 7) is 0. The van der Waals surface area contributed by atoms with Gasteiger partial charge in [-0.15, -0.1) is 24.0 Å². The monoisotopic (exact) mass is 323 g/mol. The van der Waals surface area contributed by atoms with Crippen molar-refractivity contribution in [3.8, 4) is 0 Å². The summed E-state index contributed by atoms with van der Waals surface area (Å²) in [5.41, 5.74) is 0. The van der Waals surface area contributed by atoms with Gasteiger partial charge in [0.05, 0.1) is 0 Å². The number of allylic oxidation sites excluding steroid dienone is 1. The molecular formula is C3HF5IZn. The number of alkyl halides is 3. The first-order chi connectivity index (χ1) is 3.85. The maximum absolute atomic E-state index is 11.4. The Labute approximate surface area is 80.6 Å². The second kappa shape index (κ2) is 4.59. The molecule has 0 aliphatic rings. The summed E-state index contributed by atoms with van der Waals surface area (Å²) in [6, 6.07) is 0. The topological polar surface area (TPSA) is 0 Å². The molecule has 0 aromatic heterocycles. The van der Waals surface area contributed by atoms with Crippen LogP contribution < -0.4 is 0 Å². The zero-order valence-electron chi connectivity index (χ0n) is 4.51. The van der Waals surface area contributed by atoms with Crippen LogP contribution in [0.25, 0.3) is 0 Å². The molecule has 0 aliphatic carbocycles. The summed E-state index contributed by atoms with van der Waals surface area (Å²) in [5.74, 6) is -2.61. The molecule has 0 atom stereocenters. The molecule has 0 fully saturated rings. The van der Waals surface area contributed by atoms with E-state index in [0.717, 1.165) is 0 Å². The molecular weight excluding hydrogens is 323 g/mol. The van der Waals surface area contributed by atoms with E-state index in [-0.39, 0.29) is 24.0 Å². The Kier molecular flexibility index (Phi) is 6.12. The van der Waals surface area contributed by atoms with Crippen LogP contribution in [0.15, 0.2) is 10.2 Å². The van der Waals surface area contributed by atoms with Crippen molar-refractivity contribution in [2.75, 3.05) is 0 Å². The quantitative estimate of drug-likeness (QED) is 0.365. The van der Waals surface area contributed by atoms with Gasteiger partial charge in [-0.05, 0) is 0 Å². The molecule has 0 aliphatic heterocycles. The van der Waals surface area contributed by atoms with Crippen molar-refractivity contribution in [1.29, 1.82) is 0 Å². The van der Waals surface area contributed by atoms with Gasteiger partial charge in [-0.2, -0.15) is 0 Å². The maximum atomic E-state index is 11.4. The van der Waals surface area contributed by atoms with Crippen LogP contribution in [0.1, 0.15) is 0 Å². The Bertz CT molecular complexity index is 134. The number of halogens is 6. The minimum Gasteiger partial charge on any atom is -0.107 e.